The van der Waals surface area contributed by atoms with E-state index in [1.165, 1.54) is 0 Å². The summed E-state index contributed by atoms with van der Waals surface area (Å²) in [4.78, 5) is 0. The molecule has 1 heterocycles. The molecule has 5 heavy (non-hydrogen) atoms. The molecule has 1 aliphatic heterocycles. The maximum Gasteiger partial charge on any atom is 0.0433 e. The van der Waals surface area contributed by atoms with E-state index in [2.05, 4.69) is 0 Å². The summed E-state index contributed by atoms with van der Waals surface area (Å²) >= 11 is 0. The molecule has 1 atom stereocenters. The summed E-state index contributed by atoms with van der Waals surface area (Å²) in [6.07, 6.45) is 1.87. The van der Waals surface area contributed by atoms with Crippen molar-refractivity contribution in [2.45, 2.75) is 0 Å². The van der Waals surface area contributed by atoms with Gasteiger partial charge in [-0.15, -0.1) is 0 Å². The van der Waals surface area contributed by atoms with Crippen LogP contribution in [-0.4, -0.2) is 5.73 Å². The van der Waals surface area contributed by atoms with E-state index in [1.807, 2.05) is 11.5 Å². The zero-order valence-electron chi connectivity index (χ0n) is 3.55. The van der Waals surface area contributed by atoms with E-state index in [0.29, 0.717) is 0 Å². The van der Waals surface area contributed by atoms with Crippen molar-refractivity contribution in [2.75, 3.05) is 5.73 Å². The standard InChI is InChI=1S/C3H4S2/c1-2-4-5-3-1/h1-2H,3H2/i3D. The van der Waals surface area contributed by atoms with Gasteiger partial charge in [-0.3, -0.25) is 0 Å². The van der Waals surface area contributed by atoms with Gasteiger partial charge in [0.1, 0.15) is 0 Å². The number of rotatable bonds is 0. The van der Waals surface area contributed by atoms with E-state index in [-0.39, 0.29) is 5.73 Å². The Hall–Kier alpha value is 0.440. The monoisotopic (exact) mass is 105 g/mol. The second-order valence-corrected chi connectivity index (χ2v) is 2.74. The van der Waals surface area contributed by atoms with Crippen LogP contribution in [0.1, 0.15) is 1.37 Å². The Labute approximate surface area is 40.8 Å². The molecule has 1 unspecified atom stereocenters. The second kappa shape index (κ2) is 1.78. The van der Waals surface area contributed by atoms with Crippen molar-refractivity contribution >= 4 is 21.6 Å². The average molecular weight is 105 g/mol. The van der Waals surface area contributed by atoms with Crippen LogP contribution in [0.15, 0.2) is 11.5 Å². The van der Waals surface area contributed by atoms with Gasteiger partial charge in [-0.25, -0.2) is 0 Å². The third-order valence-electron chi connectivity index (χ3n) is 0.324. The zero-order chi connectivity index (χ0) is 4.41. The molecule has 2 heteroatoms. The molecule has 0 saturated heterocycles. The Bertz CT molecular complexity index is 71.2. The van der Waals surface area contributed by atoms with E-state index in [1.54, 1.807) is 21.6 Å². The van der Waals surface area contributed by atoms with Gasteiger partial charge >= 0.3 is 0 Å². The van der Waals surface area contributed by atoms with Crippen LogP contribution < -0.4 is 0 Å². The third kappa shape index (κ3) is 0.893. The van der Waals surface area contributed by atoms with Crippen LogP contribution in [0, 0.1) is 0 Å². The Morgan fingerprint density at radius 3 is 3.20 bits per heavy atom. The van der Waals surface area contributed by atoms with Gasteiger partial charge in [0.25, 0.3) is 0 Å². The minimum atomic E-state index is -0.00463. The van der Waals surface area contributed by atoms with Crippen LogP contribution in [0.3, 0.4) is 0 Å². The van der Waals surface area contributed by atoms with E-state index in [4.69, 9.17) is 1.37 Å². The van der Waals surface area contributed by atoms with Gasteiger partial charge in [0.05, 0.1) is 0 Å². The van der Waals surface area contributed by atoms with Gasteiger partial charge in [0.2, 0.25) is 0 Å². The largest absolute Gasteiger partial charge is 0.0854 e. The smallest absolute Gasteiger partial charge is 0.0433 e. The summed E-state index contributed by atoms with van der Waals surface area (Å²) in [7, 11) is 3.20. The maximum absolute atomic E-state index is 6.99. The fourth-order valence-corrected chi connectivity index (χ4v) is 1.44. The molecule has 0 spiro atoms. The molecule has 0 amide bonds. The van der Waals surface area contributed by atoms with Crippen molar-refractivity contribution in [1.29, 1.82) is 0 Å². The van der Waals surface area contributed by atoms with Crippen LogP contribution in [0.5, 0.6) is 0 Å². The quantitative estimate of drug-likeness (QED) is 0.431. The first-order valence-electron chi connectivity index (χ1n) is 1.88. The molecule has 0 saturated carbocycles. The second-order valence-electron chi connectivity index (χ2n) is 0.657. The summed E-state index contributed by atoms with van der Waals surface area (Å²) in [6.45, 7) is 0. The molecule has 0 aliphatic carbocycles. The minimum absolute atomic E-state index is 0.00463. The maximum atomic E-state index is 6.99. The number of hydrogen-bond donors (Lipinski definition) is 0. The van der Waals surface area contributed by atoms with Crippen LogP contribution in [0.4, 0.5) is 0 Å². The zero-order valence-corrected chi connectivity index (χ0v) is 4.18. The lowest BCUT2D eigenvalue weighted by Gasteiger charge is -1.69. The first-order chi connectivity index (χ1) is 2.89. The van der Waals surface area contributed by atoms with Crippen LogP contribution in [0.25, 0.3) is 0 Å². The fraction of sp³-hybridized carbons (Fsp3) is 0.333. The first kappa shape index (κ1) is 2.59. The van der Waals surface area contributed by atoms with Crippen LogP contribution in [0.2, 0.25) is 0 Å². The molecular formula is C3H4S2. The lowest BCUT2D eigenvalue weighted by atomic mass is 10.8. The highest BCUT2D eigenvalue weighted by molar-refractivity contribution is 8.78. The van der Waals surface area contributed by atoms with Gasteiger partial charge < -0.3 is 0 Å². The normalized spacial score (nSPS) is 38.4. The predicted molar refractivity (Wildman–Crippen MR) is 29.2 cm³/mol. The summed E-state index contributed by atoms with van der Waals surface area (Å²) in [5, 5.41) is 1.95. The van der Waals surface area contributed by atoms with Gasteiger partial charge in [-0.1, -0.05) is 27.7 Å². The van der Waals surface area contributed by atoms with Gasteiger partial charge in [-0.2, -0.15) is 0 Å². The van der Waals surface area contributed by atoms with Crippen molar-refractivity contribution in [2.24, 2.45) is 0 Å². The SMILES string of the molecule is [2H]C1C=CSS1. The lowest BCUT2D eigenvalue weighted by molar-refractivity contribution is 1.85. The van der Waals surface area contributed by atoms with E-state index < -0.39 is 0 Å². The molecule has 0 aromatic heterocycles. The molecule has 0 fully saturated rings. The Morgan fingerprint density at radius 1 is 2.00 bits per heavy atom. The first-order valence-corrected chi connectivity index (χ1v) is 3.58. The summed E-state index contributed by atoms with van der Waals surface area (Å²) in [5.41, 5.74) is -0.00463. The Balaban J connectivity index is 2.38. The predicted octanol–water partition coefficient (Wildman–Crippen LogP) is 1.90. The Morgan fingerprint density at radius 2 is 3.00 bits per heavy atom. The molecule has 0 aromatic rings. The molecule has 28 valence electrons. The fourth-order valence-electron chi connectivity index (χ4n) is 0.160. The minimum Gasteiger partial charge on any atom is -0.0854 e. The molecule has 0 nitrogen and oxygen atoms in total. The van der Waals surface area contributed by atoms with Crippen molar-refractivity contribution in [1.82, 2.24) is 0 Å². The summed E-state index contributed by atoms with van der Waals surface area (Å²) in [5.74, 6) is 0. The molecule has 1 aliphatic rings. The van der Waals surface area contributed by atoms with Crippen LogP contribution >= 0.6 is 21.6 Å². The highest BCUT2D eigenvalue weighted by atomic mass is 33.1. The molecule has 0 bridgehead atoms. The molecular weight excluding hydrogens is 100 g/mol. The van der Waals surface area contributed by atoms with Gasteiger partial charge in [0, 0.05) is 7.10 Å². The number of hydrogen-bond acceptors (Lipinski definition) is 2. The van der Waals surface area contributed by atoms with Crippen molar-refractivity contribution in [3.8, 4) is 0 Å². The van der Waals surface area contributed by atoms with E-state index >= 15 is 0 Å². The molecule has 0 aromatic carbocycles. The molecule has 0 radical (unpaired) electrons. The Kier molecular flexibility index (Phi) is 0.918. The van der Waals surface area contributed by atoms with Crippen molar-refractivity contribution in [3.63, 3.8) is 0 Å². The topological polar surface area (TPSA) is 0 Å². The van der Waals surface area contributed by atoms with Crippen LogP contribution in [-0.2, 0) is 0 Å². The highest BCUT2D eigenvalue weighted by Crippen LogP contribution is 2.27. The molecule has 1 rings (SSSR count). The molecule has 0 N–H and O–H groups in total. The van der Waals surface area contributed by atoms with Crippen molar-refractivity contribution < 1.29 is 1.37 Å². The average Bonchev–Trinajstić information content (AvgIpc) is 1.86. The van der Waals surface area contributed by atoms with Gasteiger partial charge in [-0.05, 0) is 5.41 Å². The van der Waals surface area contributed by atoms with Gasteiger partial charge in [0.15, 0.2) is 0 Å². The van der Waals surface area contributed by atoms with Crippen molar-refractivity contribution in [3.05, 3.63) is 11.5 Å². The highest BCUT2D eigenvalue weighted by Gasteiger charge is 1.85. The summed E-state index contributed by atoms with van der Waals surface area (Å²) in [6, 6.07) is 0. The summed E-state index contributed by atoms with van der Waals surface area (Å²) < 4.78 is 6.99. The third-order valence-corrected chi connectivity index (χ3v) is 1.97. The lowest BCUT2D eigenvalue weighted by Crippen LogP contribution is -1.46. The van der Waals surface area contributed by atoms with E-state index in [0.717, 1.165) is 0 Å². The van der Waals surface area contributed by atoms with E-state index in [9.17, 15) is 0 Å².